The molecule has 8 aliphatic rings. The number of hydrogen-bond donors (Lipinski definition) is 0. The van der Waals surface area contributed by atoms with Crippen molar-refractivity contribution in [1.29, 1.82) is 5.26 Å². The molecule has 2 heterocycles. The van der Waals surface area contributed by atoms with Crippen molar-refractivity contribution in [2.45, 2.75) is 87.9 Å². The Hall–Kier alpha value is -7.03. The molecule has 0 radical (unpaired) electrons. The monoisotopic (exact) mass is 907 g/mol. The predicted octanol–water partition coefficient (Wildman–Crippen LogP) is 15.7. The quantitative estimate of drug-likeness (QED) is 0.144. The zero-order valence-corrected chi connectivity index (χ0v) is 39.8. The molecule has 8 fully saturated rings. The summed E-state index contributed by atoms with van der Waals surface area (Å²) in [5.74, 6) is 7.35. The van der Waals surface area contributed by atoms with E-state index < -0.39 is 0 Å². The van der Waals surface area contributed by atoms with Crippen LogP contribution in [0.25, 0.3) is 78.7 Å². The molecule has 2 aromatic heterocycles. The summed E-state index contributed by atoms with van der Waals surface area (Å²) in [5.41, 5.74) is 16.1. The van der Waals surface area contributed by atoms with Gasteiger partial charge in [0.2, 0.25) is 0 Å². The van der Waals surface area contributed by atoms with Gasteiger partial charge in [0.05, 0.1) is 11.6 Å². The van der Waals surface area contributed by atoms with Crippen LogP contribution in [0, 0.1) is 46.8 Å². The van der Waals surface area contributed by atoms with E-state index in [0.717, 1.165) is 85.6 Å². The van der Waals surface area contributed by atoms with Gasteiger partial charge in [0.15, 0.2) is 17.5 Å². The summed E-state index contributed by atoms with van der Waals surface area (Å²) in [7, 11) is 0. The van der Waals surface area contributed by atoms with Gasteiger partial charge in [-0.05, 0) is 234 Å². The molecule has 70 heavy (non-hydrogen) atoms. The highest BCUT2D eigenvalue weighted by molar-refractivity contribution is 5.83. The SMILES string of the molecule is N#Cc1ccc(-c2cc(-c3cccc(-c4ccc(C56CC7C[C@H](C5)C[C@@H](C7)C6)cc4)c3)cc(-c3nc(-c4ccc(C56C[C@H]7C[C@H](C5)C[C@@H](C6)C7)cc4)nc(-c4cccc(-c5ccncc5)c4)n3)c2)cc1. The number of nitrogens with zero attached hydrogens (tertiary/aromatic N) is 5. The molecule has 8 saturated carbocycles. The van der Waals surface area contributed by atoms with Crippen LogP contribution in [0.1, 0.15) is 93.7 Å². The van der Waals surface area contributed by atoms with Gasteiger partial charge in [0.1, 0.15) is 0 Å². The molecule has 0 spiro atoms. The molecule has 0 atom stereocenters. The average Bonchev–Trinajstić information content (AvgIpc) is 3.40. The van der Waals surface area contributed by atoms with Crippen molar-refractivity contribution >= 4 is 0 Å². The number of pyridine rings is 1. The van der Waals surface area contributed by atoms with Crippen molar-refractivity contribution in [3.8, 4) is 84.7 Å². The largest absolute Gasteiger partial charge is 0.265 e. The van der Waals surface area contributed by atoms with Gasteiger partial charge in [0, 0.05) is 29.1 Å². The van der Waals surface area contributed by atoms with E-state index in [9.17, 15) is 5.26 Å². The van der Waals surface area contributed by atoms with Gasteiger partial charge in [-0.3, -0.25) is 4.98 Å². The molecule has 16 rings (SSSR count). The first kappa shape index (κ1) is 41.9. The molecule has 5 heteroatoms. The minimum absolute atomic E-state index is 0.313. The molecule has 8 aliphatic carbocycles. The van der Waals surface area contributed by atoms with Crippen LogP contribution in [-0.4, -0.2) is 19.9 Å². The Morgan fingerprint density at radius 3 is 1.19 bits per heavy atom. The smallest absolute Gasteiger partial charge is 0.164 e. The van der Waals surface area contributed by atoms with Gasteiger partial charge in [-0.25, -0.2) is 15.0 Å². The van der Waals surface area contributed by atoms with Gasteiger partial charge in [-0.1, -0.05) is 97.1 Å². The van der Waals surface area contributed by atoms with Crippen LogP contribution in [0.4, 0.5) is 0 Å². The molecule has 0 aliphatic heterocycles. The van der Waals surface area contributed by atoms with Crippen molar-refractivity contribution in [2.75, 3.05) is 0 Å². The predicted molar refractivity (Wildman–Crippen MR) is 280 cm³/mol. The number of nitriles is 1. The Labute approximate surface area is 412 Å². The average molecular weight is 908 g/mol. The lowest BCUT2D eigenvalue weighted by Crippen LogP contribution is -2.48. The zero-order valence-electron chi connectivity index (χ0n) is 39.8. The minimum atomic E-state index is 0.313. The fraction of sp³-hybridized carbons (Fsp3) is 0.308. The summed E-state index contributed by atoms with van der Waals surface area (Å²) in [6.45, 7) is 0. The Balaban J connectivity index is 0.868. The van der Waals surface area contributed by atoms with E-state index >= 15 is 0 Å². The van der Waals surface area contributed by atoms with Crippen molar-refractivity contribution in [3.63, 3.8) is 0 Å². The first-order valence-electron chi connectivity index (χ1n) is 26.1. The normalized spacial score (nSPS) is 26.8. The molecular weight excluding hydrogens is 851 g/mol. The van der Waals surface area contributed by atoms with Crippen molar-refractivity contribution < 1.29 is 0 Å². The molecule has 0 unspecified atom stereocenters. The van der Waals surface area contributed by atoms with E-state index in [1.165, 1.54) is 93.7 Å². The van der Waals surface area contributed by atoms with Crippen LogP contribution in [0.5, 0.6) is 0 Å². The third-order valence-corrected chi connectivity index (χ3v) is 18.2. The van der Waals surface area contributed by atoms with Gasteiger partial charge in [0.25, 0.3) is 0 Å². The summed E-state index contributed by atoms with van der Waals surface area (Å²) in [6.07, 6.45) is 20.5. The molecule has 0 saturated heterocycles. The van der Waals surface area contributed by atoms with Crippen molar-refractivity contribution in [1.82, 2.24) is 19.9 Å². The number of rotatable bonds is 9. The third-order valence-electron chi connectivity index (χ3n) is 18.2. The van der Waals surface area contributed by atoms with Crippen LogP contribution < -0.4 is 0 Å². The van der Waals surface area contributed by atoms with Crippen LogP contribution in [0.3, 0.4) is 0 Å². The maximum absolute atomic E-state index is 9.72. The standard InChI is InChI=1S/C65H57N5/c66-40-41-7-9-49(10-8-41)56-31-57(54-5-1-3-52(29-54)48-11-15-59(16-12-48)64-34-42-23-43(35-64)25-44(24-42)36-64)33-58(32-56)63-69-61(68-62(70-63)55-6-2-4-53(30-55)50-19-21-67-22-20-50)51-13-17-60(18-14-51)65-37-45-26-46(38-65)28-47(27-45)39-65/h1-22,29-33,42-47H,23-28,34-39H2/t42-,43+,44?,45-,46-,47-,64?,65?. The summed E-state index contributed by atoms with van der Waals surface area (Å²) in [4.78, 5) is 20.3. The molecule has 0 amide bonds. The highest BCUT2D eigenvalue weighted by Gasteiger charge is 2.52. The van der Waals surface area contributed by atoms with Gasteiger partial charge in [-0.15, -0.1) is 0 Å². The highest BCUT2D eigenvalue weighted by atomic mass is 15.0. The van der Waals surface area contributed by atoms with Gasteiger partial charge in [-0.2, -0.15) is 5.26 Å². The lowest BCUT2D eigenvalue weighted by molar-refractivity contribution is -0.00530. The highest BCUT2D eigenvalue weighted by Crippen LogP contribution is 2.62. The summed E-state index contributed by atoms with van der Waals surface area (Å²) in [6, 6.07) is 57.4. The molecule has 0 N–H and O–H groups in total. The molecule has 6 aromatic carbocycles. The van der Waals surface area contributed by atoms with Crippen LogP contribution in [-0.2, 0) is 10.8 Å². The van der Waals surface area contributed by atoms with Crippen LogP contribution >= 0.6 is 0 Å². The third kappa shape index (κ3) is 7.50. The van der Waals surface area contributed by atoms with E-state index in [2.05, 4.69) is 126 Å². The van der Waals surface area contributed by atoms with E-state index in [0.29, 0.717) is 33.9 Å². The van der Waals surface area contributed by atoms with Crippen LogP contribution in [0.2, 0.25) is 0 Å². The van der Waals surface area contributed by atoms with Gasteiger partial charge >= 0.3 is 0 Å². The fourth-order valence-electron chi connectivity index (χ4n) is 15.8. The second-order valence-electron chi connectivity index (χ2n) is 22.7. The zero-order chi connectivity index (χ0) is 46.4. The summed E-state index contributed by atoms with van der Waals surface area (Å²) < 4.78 is 0. The number of benzene rings is 6. The van der Waals surface area contributed by atoms with E-state index in [-0.39, 0.29) is 0 Å². The van der Waals surface area contributed by atoms with E-state index in [1.54, 1.807) is 5.56 Å². The van der Waals surface area contributed by atoms with Crippen molar-refractivity contribution in [3.05, 3.63) is 181 Å². The first-order chi connectivity index (χ1) is 34.4. The molecular formula is C65H57N5. The lowest BCUT2D eigenvalue weighted by atomic mass is 9.48. The second-order valence-corrected chi connectivity index (χ2v) is 22.7. The Kier molecular flexibility index (Phi) is 9.91. The van der Waals surface area contributed by atoms with Gasteiger partial charge < -0.3 is 0 Å². The Morgan fingerprint density at radius 2 is 0.686 bits per heavy atom. The summed E-state index contributed by atoms with van der Waals surface area (Å²) in [5, 5.41) is 9.72. The van der Waals surface area contributed by atoms with Crippen molar-refractivity contribution in [2.24, 2.45) is 35.5 Å². The second kappa shape index (κ2) is 16.6. The lowest BCUT2D eigenvalue weighted by Gasteiger charge is -2.57. The van der Waals surface area contributed by atoms with Crippen LogP contribution in [0.15, 0.2) is 164 Å². The molecule has 8 bridgehead atoms. The molecule has 342 valence electrons. The van der Waals surface area contributed by atoms with E-state index in [1.807, 2.05) is 48.8 Å². The fourth-order valence-corrected chi connectivity index (χ4v) is 15.8. The topological polar surface area (TPSA) is 75.3 Å². The maximum atomic E-state index is 9.72. The Morgan fingerprint density at radius 1 is 0.343 bits per heavy atom. The minimum Gasteiger partial charge on any atom is -0.265 e. The molecule has 5 nitrogen and oxygen atoms in total. The molecule has 8 aromatic rings. The first-order valence-corrected chi connectivity index (χ1v) is 26.1. The summed E-state index contributed by atoms with van der Waals surface area (Å²) >= 11 is 0. The van der Waals surface area contributed by atoms with E-state index in [4.69, 9.17) is 15.0 Å². The number of aromatic nitrogens is 4. The number of hydrogen-bond acceptors (Lipinski definition) is 5. The Bertz CT molecular complexity index is 3260. The maximum Gasteiger partial charge on any atom is 0.164 e.